The highest BCUT2D eigenvalue weighted by atomic mass is 32.2. The van der Waals surface area contributed by atoms with Crippen LogP contribution in [0, 0.1) is 0 Å². The van der Waals surface area contributed by atoms with Crippen LogP contribution in [0.5, 0.6) is 0 Å². The molecule has 7 nitrogen and oxygen atoms in total. The van der Waals surface area contributed by atoms with Crippen molar-refractivity contribution in [2.75, 3.05) is 53.0 Å². The Morgan fingerprint density at radius 3 is 2.72 bits per heavy atom. The molecule has 0 aromatic rings. The molecule has 0 saturated carbocycles. The van der Waals surface area contributed by atoms with Gasteiger partial charge in [0.2, 0.25) is 0 Å². The molecule has 106 valence electrons. The van der Waals surface area contributed by atoms with E-state index in [0.29, 0.717) is 45.8 Å². The summed E-state index contributed by atoms with van der Waals surface area (Å²) < 4.78 is 38.9. The van der Waals surface area contributed by atoms with E-state index in [4.69, 9.17) is 9.47 Å². The summed E-state index contributed by atoms with van der Waals surface area (Å²) in [4.78, 5) is 0. The van der Waals surface area contributed by atoms with Crippen molar-refractivity contribution in [3.63, 3.8) is 0 Å². The topological polar surface area (TPSA) is 79.9 Å². The minimum atomic E-state index is -3.41. The maximum atomic E-state index is 12.1. The Morgan fingerprint density at radius 2 is 2.17 bits per heavy atom. The largest absolute Gasteiger partial charge is 0.378 e. The summed E-state index contributed by atoms with van der Waals surface area (Å²) in [5, 5.41) is 3.12. The summed E-state index contributed by atoms with van der Waals surface area (Å²) in [5.74, 6) is 0. The van der Waals surface area contributed by atoms with Crippen LogP contribution in [0.15, 0.2) is 0 Å². The fourth-order valence-corrected chi connectivity index (χ4v) is 3.45. The van der Waals surface area contributed by atoms with Gasteiger partial charge in [-0.1, -0.05) is 0 Å². The number of methoxy groups -OCH3 is 1. The molecule has 0 aliphatic carbocycles. The van der Waals surface area contributed by atoms with Crippen molar-refractivity contribution in [2.45, 2.75) is 12.0 Å². The molecule has 2 saturated heterocycles. The lowest BCUT2D eigenvalue weighted by molar-refractivity contribution is -0.0123. The monoisotopic (exact) mass is 279 g/mol. The van der Waals surface area contributed by atoms with Crippen molar-refractivity contribution in [3.8, 4) is 0 Å². The molecule has 0 bridgehead atoms. The van der Waals surface area contributed by atoms with E-state index < -0.39 is 15.8 Å². The predicted molar refractivity (Wildman–Crippen MR) is 66.5 cm³/mol. The van der Waals surface area contributed by atoms with Gasteiger partial charge in [0, 0.05) is 52.9 Å². The van der Waals surface area contributed by atoms with Gasteiger partial charge in [-0.25, -0.2) is 0 Å². The number of nitrogens with zero attached hydrogens (tertiary/aromatic N) is 1. The molecule has 2 rings (SSSR count). The Hall–Kier alpha value is -0.250. The highest BCUT2D eigenvalue weighted by Gasteiger charge is 2.37. The van der Waals surface area contributed by atoms with Crippen LogP contribution in [-0.4, -0.2) is 71.4 Å². The summed E-state index contributed by atoms with van der Waals surface area (Å²) in [6, 6.07) is 0. The fourth-order valence-electron chi connectivity index (χ4n) is 2.16. The number of rotatable bonds is 5. The molecular weight excluding hydrogens is 258 g/mol. The summed E-state index contributed by atoms with van der Waals surface area (Å²) in [7, 11) is -1.82. The van der Waals surface area contributed by atoms with Crippen molar-refractivity contribution in [1.29, 1.82) is 0 Å². The number of hydrogen-bond acceptors (Lipinski definition) is 5. The number of hydrogen-bond donors (Lipinski definition) is 2. The maximum absolute atomic E-state index is 12.1. The zero-order valence-electron chi connectivity index (χ0n) is 10.6. The Bertz CT molecular complexity index is 361. The first-order valence-electron chi connectivity index (χ1n) is 6.16. The van der Waals surface area contributed by atoms with Gasteiger partial charge in [-0.3, -0.25) is 0 Å². The Kier molecular flexibility index (Phi) is 4.57. The number of ether oxygens (including phenoxy) is 2. The van der Waals surface area contributed by atoms with Crippen LogP contribution in [0.1, 0.15) is 6.42 Å². The van der Waals surface area contributed by atoms with Crippen LogP contribution in [0.25, 0.3) is 0 Å². The Labute approximate surface area is 108 Å². The summed E-state index contributed by atoms with van der Waals surface area (Å²) in [6.07, 6.45) is 0.716. The van der Waals surface area contributed by atoms with E-state index in [0.717, 1.165) is 0 Å². The Balaban J connectivity index is 1.91. The molecule has 1 unspecified atom stereocenters. The first-order valence-corrected chi connectivity index (χ1v) is 7.60. The van der Waals surface area contributed by atoms with Crippen molar-refractivity contribution >= 4 is 10.2 Å². The molecule has 2 heterocycles. The van der Waals surface area contributed by atoms with Crippen molar-refractivity contribution in [3.05, 3.63) is 0 Å². The SMILES string of the molecule is COC1(CNS(=O)(=O)N2CCNCC2)CCOC1. The van der Waals surface area contributed by atoms with E-state index in [1.807, 2.05) is 0 Å². The second-order valence-electron chi connectivity index (χ2n) is 4.66. The van der Waals surface area contributed by atoms with Gasteiger partial charge < -0.3 is 14.8 Å². The highest BCUT2D eigenvalue weighted by molar-refractivity contribution is 7.87. The van der Waals surface area contributed by atoms with Gasteiger partial charge in [-0.15, -0.1) is 0 Å². The zero-order chi connectivity index (χ0) is 13.1. The van der Waals surface area contributed by atoms with Gasteiger partial charge >= 0.3 is 0 Å². The minimum absolute atomic E-state index is 0.260. The normalized spacial score (nSPS) is 30.7. The first-order chi connectivity index (χ1) is 8.58. The van der Waals surface area contributed by atoms with Gasteiger partial charge in [-0.05, 0) is 0 Å². The van der Waals surface area contributed by atoms with Gasteiger partial charge in [0.1, 0.15) is 5.60 Å². The molecule has 0 aromatic heterocycles. The zero-order valence-corrected chi connectivity index (χ0v) is 11.5. The van der Waals surface area contributed by atoms with Crippen LogP contribution < -0.4 is 10.0 Å². The third-order valence-electron chi connectivity index (χ3n) is 3.49. The summed E-state index contributed by atoms with van der Waals surface area (Å²) >= 11 is 0. The standard InChI is InChI=1S/C10H21N3O4S/c1-16-10(2-7-17-9-10)8-12-18(14,15)13-5-3-11-4-6-13/h11-12H,2-9H2,1H3. The second-order valence-corrected chi connectivity index (χ2v) is 6.42. The second kappa shape index (κ2) is 5.81. The lowest BCUT2D eigenvalue weighted by Gasteiger charge is -2.30. The average molecular weight is 279 g/mol. The van der Waals surface area contributed by atoms with Crippen LogP contribution in [-0.2, 0) is 19.7 Å². The molecule has 2 fully saturated rings. The molecule has 0 amide bonds. The van der Waals surface area contributed by atoms with Crippen LogP contribution >= 0.6 is 0 Å². The third-order valence-corrected chi connectivity index (χ3v) is 5.05. The van der Waals surface area contributed by atoms with Gasteiger partial charge in [0.25, 0.3) is 10.2 Å². The van der Waals surface area contributed by atoms with Crippen LogP contribution in [0.4, 0.5) is 0 Å². The molecule has 8 heteroatoms. The van der Waals surface area contributed by atoms with E-state index in [1.165, 1.54) is 4.31 Å². The van der Waals surface area contributed by atoms with Crippen molar-refractivity contribution < 1.29 is 17.9 Å². The van der Waals surface area contributed by atoms with Gasteiger partial charge in [0.15, 0.2) is 0 Å². The lowest BCUT2D eigenvalue weighted by atomic mass is 10.0. The van der Waals surface area contributed by atoms with Gasteiger partial charge in [0.05, 0.1) is 6.61 Å². The molecule has 2 aliphatic rings. The fraction of sp³-hybridized carbons (Fsp3) is 1.00. The molecule has 1 atom stereocenters. The van der Waals surface area contributed by atoms with Crippen molar-refractivity contribution in [2.24, 2.45) is 0 Å². The summed E-state index contributed by atoms with van der Waals surface area (Å²) in [6.45, 7) is 3.71. The first kappa shape index (κ1) is 14.2. The number of piperazine rings is 1. The molecule has 0 spiro atoms. The lowest BCUT2D eigenvalue weighted by Crippen LogP contribution is -2.53. The minimum Gasteiger partial charge on any atom is -0.378 e. The summed E-state index contributed by atoms with van der Waals surface area (Å²) in [5.41, 5.74) is -0.513. The van der Waals surface area contributed by atoms with E-state index in [1.54, 1.807) is 7.11 Å². The molecule has 0 radical (unpaired) electrons. The van der Waals surface area contributed by atoms with Gasteiger partial charge in [-0.2, -0.15) is 17.4 Å². The average Bonchev–Trinajstić information content (AvgIpc) is 2.87. The smallest absolute Gasteiger partial charge is 0.279 e. The quantitative estimate of drug-likeness (QED) is 0.642. The third kappa shape index (κ3) is 3.19. The van der Waals surface area contributed by atoms with E-state index in [-0.39, 0.29) is 6.54 Å². The molecule has 0 aromatic carbocycles. The number of nitrogens with one attached hydrogen (secondary N) is 2. The predicted octanol–water partition coefficient (Wildman–Crippen LogP) is -1.47. The van der Waals surface area contributed by atoms with E-state index in [9.17, 15) is 8.42 Å². The maximum Gasteiger partial charge on any atom is 0.279 e. The molecule has 2 aliphatic heterocycles. The molecular formula is C10H21N3O4S. The molecule has 18 heavy (non-hydrogen) atoms. The van der Waals surface area contributed by atoms with Crippen LogP contribution in [0.3, 0.4) is 0 Å². The van der Waals surface area contributed by atoms with Crippen molar-refractivity contribution in [1.82, 2.24) is 14.3 Å². The Morgan fingerprint density at radius 1 is 1.44 bits per heavy atom. The van der Waals surface area contributed by atoms with E-state index >= 15 is 0 Å². The van der Waals surface area contributed by atoms with E-state index in [2.05, 4.69) is 10.0 Å². The highest BCUT2D eigenvalue weighted by Crippen LogP contribution is 2.21. The van der Waals surface area contributed by atoms with Crippen LogP contribution in [0.2, 0.25) is 0 Å². The molecule has 2 N–H and O–H groups in total.